The lowest BCUT2D eigenvalue weighted by Gasteiger charge is -2.40. The molecule has 0 saturated carbocycles. The Hall–Kier alpha value is -3.00. The zero-order chi connectivity index (χ0) is 17.3. The van der Waals surface area contributed by atoms with Crippen LogP contribution in [0.2, 0.25) is 0 Å². The van der Waals surface area contributed by atoms with E-state index in [4.69, 9.17) is 0 Å². The number of para-hydroxylation sites is 1. The quantitative estimate of drug-likeness (QED) is 0.624. The first kappa shape index (κ1) is 15.3. The molecule has 0 unspecified atom stereocenters. The number of nitrogens with zero attached hydrogens (tertiary/aromatic N) is 1. The van der Waals surface area contributed by atoms with E-state index in [0.717, 1.165) is 12.8 Å². The minimum absolute atomic E-state index is 0.208. The first-order chi connectivity index (χ1) is 12.9. The Morgan fingerprint density at radius 3 is 2.27 bits per heavy atom. The average molecular weight is 333 g/mol. The highest BCUT2D eigenvalue weighted by atomic mass is 15.1. The Labute approximate surface area is 155 Å². The number of anilines is 1. The fourth-order valence-electron chi connectivity index (χ4n) is 4.25. The van der Waals surface area contributed by atoms with Gasteiger partial charge >= 0.3 is 6.85 Å². The predicted octanol–water partition coefficient (Wildman–Crippen LogP) is 4.51. The van der Waals surface area contributed by atoms with E-state index in [0.29, 0.717) is 0 Å². The maximum atomic E-state index is 2.55. The molecule has 3 aromatic carbocycles. The third-order valence-corrected chi connectivity index (χ3v) is 5.38. The summed E-state index contributed by atoms with van der Waals surface area (Å²) in [5.74, 6) is 0. The van der Waals surface area contributed by atoms with Crippen LogP contribution in [0.1, 0.15) is 12.8 Å². The molecule has 5 rings (SSSR count). The molecule has 2 heteroatoms. The van der Waals surface area contributed by atoms with Crippen LogP contribution in [0.4, 0.5) is 5.69 Å². The standard InChI is InChI=1S/C24H20BN/c1-3-11-19(12-4-1)25-23-17-9-7-15-21(23)22-16-8-10-18-24(22)26(25)20-13-5-2-6-14-20/h1-5,7-13,15-18H,6,14H2. The molecule has 0 fully saturated rings. The molecule has 0 atom stereocenters. The van der Waals surface area contributed by atoms with E-state index in [1.165, 1.54) is 33.4 Å². The van der Waals surface area contributed by atoms with E-state index in [9.17, 15) is 0 Å². The molecule has 124 valence electrons. The number of hydrogen-bond acceptors (Lipinski definition) is 1. The molecule has 1 aliphatic carbocycles. The van der Waals surface area contributed by atoms with Gasteiger partial charge in [0.2, 0.25) is 0 Å². The van der Waals surface area contributed by atoms with Gasteiger partial charge in [0, 0.05) is 16.9 Å². The number of hydrogen-bond donors (Lipinski definition) is 0. The summed E-state index contributed by atoms with van der Waals surface area (Å²) < 4.78 is 0. The second-order valence-corrected chi connectivity index (χ2v) is 6.91. The van der Waals surface area contributed by atoms with Gasteiger partial charge in [0.25, 0.3) is 0 Å². The molecule has 0 bridgehead atoms. The van der Waals surface area contributed by atoms with Gasteiger partial charge in [0.1, 0.15) is 0 Å². The molecule has 26 heavy (non-hydrogen) atoms. The molecule has 0 radical (unpaired) electrons. The monoisotopic (exact) mass is 333 g/mol. The zero-order valence-corrected chi connectivity index (χ0v) is 14.7. The molecule has 0 saturated heterocycles. The highest BCUT2D eigenvalue weighted by Gasteiger charge is 2.37. The maximum absolute atomic E-state index is 2.55. The smallest absolute Gasteiger partial charge is 0.328 e. The van der Waals surface area contributed by atoms with Crippen LogP contribution in [-0.4, -0.2) is 6.85 Å². The third-order valence-electron chi connectivity index (χ3n) is 5.38. The molecular formula is C24H20BN. The van der Waals surface area contributed by atoms with Crippen LogP contribution in [0.15, 0.2) is 103 Å². The van der Waals surface area contributed by atoms with Gasteiger partial charge in [-0.1, -0.05) is 90.4 Å². The van der Waals surface area contributed by atoms with Crippen molar-refractivity contribution in [2.24, 2.45) is 0 Å². The SMILES string of the molecule is C1=CCCC(N2B(c3ccccc3)c3ccccc3-c3ccccc32)=C1. The lowest BCUT2D eigenvalue weighted by molar-refractivity contribution is 0.934. The molecule has 3 aromatic rings. The molecule has 2 aliphatic rings. The van der Waals surface area contributed by atoms with Crippen LogP contribution in [0.25, 0.3) is 11.1 Å². The van der Waals surface area contributed by atoms with Gasteiger partial charge < -0.3 is 4.81 Å². The summed E-state index contributed by atoms with van der Waals surface area (Å²) in [7, 11) is 0. The van der Waals surface area contributed by atoms with Crippen LogP contribution in [0.5, 0.6) is 0 Å². The van der Waals surface area contributed by atoms with E-state index in [2.05, 4.69) is 102 Å². The van der Waals surface area contributed by atoms with E-state index in [1.54, 1.807) is 0 Å². The molecule has 0 spiro atoms. The van der Waals surface area contributed by atoms with Crippen LogP contribution in [0, 0.1) is 0 Å². The van der Waals surface area contributed by atoms with Gasteiger partial charge in [0.15, 0.2) is 0 Å². The fraction of sp³-hybridized carbons (Fsp3) is 0.0833. The minimum atomic E-state index is 0.208. The molecule has 1 aliphatic heterocycles. The highest BCUT2D eigenvalue weighted by Crippen LogP contribution is 2.38. The summed E-state index contributed by atoms with van der Waals surface area (Å²) in [6.45, 7) is 0.208. The summed E-state index contributed by atoms with van der Waals surface area (Å²) in [6, 6.07) is 28.6. The predicted molar refractivity (Wildman–Crippen MR) is 112 cm³/mol. The second-order valence-electron chi connectivity index (χ2n) is 6.91. The summed E-state index contributed by atoms with van der Waals surface area (Å²) in [5, 5.41) is 0. The topological polar surface area (TPSA) is 3.24 Å². The number of benzene rings is 3. The molecule has 1 nitrogen and oxygen atoms in total. The summed E-state index contributed by atoms with van der Waals surface area (Å²) >= 11 is 0. The van der Waals surface area contributed by atoms with Crippen LogP contribution < -0.4 is 15.7 Å². The van der Waals surface area contributed by atoms with Crippen molar-refractivity contribution in [2.75, 3.05) is 4.81 Å². The lowest BCUT2D eigenvalue weighted by Crippen LogP contribution is -2.58. The zero-order valence-electron chi connectivity index (χ0n) is 14.7. The third kappa shape index (κ3) is 2.41. The number of rotatable bonds is 2. The first-order valence-electron chi connectivity index (χ1n) is 9.32. The van der Waals surface area contributed by atoms with Crippen molar-refractivity contribution < 1.29 is 0 Å². The van der Waals surface area contributed by atoms with Gasteiger partial charge in [-0.3, -0.25) is 0 Å². The normalized spacial score (nSPS) is 15.3. The highest BCUT2D eigenvalue weighted by molar-refractivity contribution is 6.90. The van der Waals surface area contributed by atoms with Crippen molar-refractivity contribution in [3.8, 4) is 11.1 Å². The van der Waals surface area contributed by atoms with Crippen LogP contribution >= 0.6 is 0 Å². The molecule has 0 N–H and O–H groups in total. The summed E-state index contributed by atoms with van der Waals surface area (Å²) in [4.78, 5) is 2.55. The molecule has 0 amide bonds. The van der Waals surface area contributed by atoms with Gasteiger partial charge in [-0.2, -0.15) is 0 Å². The lowest BCUT2D eigenvalue weighted by atomic mass is 9.45. The Balaban J connectivity index is 1.80. The maximum Gasteiger partial charge on any atom is 0.328 e. The van der Waals surface area contributed by atoms with Crippen molar-refractivity contribution in [1.29, 1.82) is 0 Å². The van der Waals surface area contributed by atoms with Gasteiger partial charge in [-0.15, -0.1) is 0 Å². The van der Waals surface area contributed by atoms with Gasteiger partial charge in [0.05, 0.1) is 0 Å². The van der Waals surface area contributed by atoms with E-state index in [-0.39, 0.29) is 6.85 Å². The summed E-state index contributed by atoms with van der Waals surface area (Å²) in [5.41, 5.74) is 8.09. The largest absolute Gasteiger partial charge is 0.380 e. The molecule has 1 heterocycles. The Kier molecular flexibility index (Phi) is 3.75. The summed E-state index contributed by atoms with van der Waals surface area (Å²) in [6.07, 6.45) is 8.92. The van der Waals surface area contributed by atoms with Gasteiger partial charge in [-0.05, 0) is 36.0 Å². The Morgan fingerprint density at radius 1 is 0.731 bits per heavy atom. The Bertz CT molecular complexity index is 1000. The minimum Gasteiger partial charge on any atom is -0.380 e. The van der Waals surface area contributed by atoms with Crippen LogP contribution in [-0.2, 0) is 0 Å². The van der Waals surface area contributed by atoms with Crippen molar-refractivity contribution in [1.82, 2.24) is 0 Å². The Morgan fingerprint density at radius 2 is 1.46 bits per heavy atom. The van der Waals surface area contributed by atoms with E-state index < -0.39 is 0 Å². The van der Waals surface area contributed by atoms with Crippen molar-refractivity contribution in [2.45, 2.75) is 12.8 Å². The van der Waals surface area contributed by atoms with Crippen molar-refractivity contribution in [3.63, 3.8) is 0 Å². The number of fused-ring (bicyclic) bond motifs is 3. The second kappa shape index (κ2) is 6.38. The van der Waals surface area contributed by atoms with E-state index in [1.807, 2.05) is 0 Å². The van der Waals surface area contributed by atoms with E-state index >= 15 is 0 Å². The molecular weight excluding hydrogens is 313 g/mol. The van der Waals surface area contributed by atoms with Gasteiger partial charge in [-0.25, -0.2) is 0 Å². The average Bonchev–Trinajstić information content (AvgIpc) is 2.74. The van der Waals surface area contributed by atoms with Crippen molar-refractivity contribution in [3.05, 3.63) is 103 Å². The number of allylic oxidation sites excluding steroid dienone is 4. The fourth-order valence-corrected chi connectivity index (χ4v) is 4.25. The molecule has 0 aromatic heterocycles. The van der Waals surface area contributed by atoms with Crippen molar-refractivity contribution >= 4 is 23.5 Å². The van der Waals surface area contributed by atoms with Crippen LogP contribution in [0.3, 0.4) is 0 Å². The first-order valence-corrected chi connectivity index (χ1v) is 9.32.